The smallest absolute Gasteiger partial charge is 0.434 e. The van der Waals surface area contributed by atoms with E-state index in [1.807, 2.05) is 30.3 Å². The molecule has 29 heavy (non-hydrogen) atoms. The molecular weight excluding hydrogens is 395 g/mol. The van der Waals surface area contributed by atoms with Gasteiger partial charge in [0, 0.05) is 24.2 Å². The Labute approximate surface area is 165 Å². The second kappa shape index (κ2) is 9.41. The van der Waals surface area contributed by atoms with Crippen LogP contribution < -0.4 is 20.1 Å². The van der Waals surface area contributed by atoms with Crippen LogP contribution in [-0.4, -0.2) is 25.6 Å². The highest BCUT2D eigenvalue weighted by Gasteiger charge is 2.31. The second-order valence-corrected chi connectivity index (χ2v) is 6.67. The second-order valence-electron chi connectivity index (χ2n) is 6.67. The van der Waals surface area contributed by atoms with Gasteiger partial charge in [0.2, 0.25) is 0 Å². The van der Waals surface area contributed by atoms with E-state index in [-0.39, 0.29) is 29.9 Å². The molecule has 1 fully saturated rings. The van der Waals surface area contributed by atoms with Gasteiger partial charge in [-0.05, 0) is 43.1 Å². The lowest BCUT2D eigenvalue weighted by Gasteiger charge is -2.34. The van der Waals surface area contributed by atoms with E-state index < -0.39 is 18.7 Å². The molecule has 1 aliphatic rings. The summed E-state index contributed by atoms with van der Waals surface area (Å²) in [4.78, 5) is 0. The van der Waals surface area contributed by atoms with E-state index in [9.17, 15) is 22.0 Å². The van der Waals surface area contributed by atoms with Crippen molar-refractivity contribution >= 4 is 0 Å². The molecule has 158 valence electrons. The third-order valence-electron chi connectivity index (χ3n) is 4.65. The van der Waals surface area contributed by atoms with Gasteiger partial charge >= 0.3 is 13.0 Å². The summed E-state index contributed by atoms with van der Waals surface area (Å²) in [7, 11) is 0. The molecule has 2 unspecified atom stereocenters. The van der Waals surface area contributed by atoms with Gasteiger partial charge < -0.3 is 20.1 Å². The van der Waals surface area contributed by atoms with Crippen molar-refractivity contribution in [3.63, 3.8) is 0 Å². The molecule has 1 aliphatic heterocycles. The average molecular weight is 416 g/mol. The summed E-state index contributed by atoms with van der Waals surface area (Å²) in [5.41, 5.74) is 1.23. The molecule has 2 aromatic rings. The predicted octanol–water partition coefficient (Wildman–Crippen LogP) is 4.77. The van der Waals surface area contributed by atoms with Crippen LogP contribution in [0.1, 0.15) is 30.0 Å². The first-order valence-corrected chi connectivity index (χ1v) is 9.17. The van der Waals surface area contributed by atoms with Crippen LogP contribution >= 0.6 is 0 Å². The van der Waals surface area contributed by atoms with Gasteiger partial charge in [0.15, 0.2) is 0 Å². The average Bonchev–Trinajstić information content (AvgIpc) is 2.67. The van der Waals surface area contributed by atoms with E-state index in [0.717, 1.165) is 43.1 Å². The number of alkyl halides is 5. The van der Waals surface area contributed by atoms with Gasteiger partial charge in [0.1, 0.15) is 11.5 Å². The molecule has 2 N–H and O–H groups in total. The maximum Gasteiger partial charge on any atom is 0.573 e. The molecule has 0 bridgehead atoms. The first-order chi connectivity index (χ1) is 13.8. The third kappa shape index (κ3) is 6.30. The highest BCUT2D eigenvalue weighted by Crippen LogP contribution is 2.30. The molecule has 4 nitrogen and oxygen atoms in total. The number of benzene rings is 2. The van der Waals surface area contributed by atoms with Gasteiger partial charge in [0.05, 0.1) is 0 Å². The van der Waals surface area contributed by atoms with Crippen molar-refractivity contribution in [1.82, 2.24) is 10.6 Å². The Morgan fingerprint density at radius 2 is 1.86 bits per heavy atom. The fourth-order valence-corrected chi connectivity index (χ4v) is 3.46. The summed E-state index contributed by atoms with van der Waals surface area (Å²) in [5, 5.41) is 6.69. The molecule has 1 heterocycles. The minimum Gasteiger partial charge on any atom is -0.434 e. The Morgan fingerprint density at radius 1 is 1.10 bits per heavy atom. The van der Waals surface area contributed by atoms with Crippen LogP contribution in [0.4, 0.5) is 22.0 Å². The quantitative estimate of drug-likeness (QED) is 0.639. The van der Waals surface area contributed by atoms with Crippen LogP contribution in [0.15, 0.2) is 48.5 Å². The summed E-state index contributed by atoms with van der Waals surface area (Å²) < 4.78 is 71.2. The summed E-state index contributed by atoms with van der Waals surface area (Å²) in [5.74, 6) is -0.681. The third-order valence-corrected chi connectivity index (χ3v) is 4.65. The molecule has 0 aliphatic carbocycles. The minimum atomic E-state index is -4.87. The zero-order valence-electron chi connectivity index (χ0n) is 15.4. The van der Waals surface area contributed by atoms with Crippen LogP contribution in [0, 0.1) is 0 Å². The Morgan fingerprint density at radius 3 is 2.55 bits per heavy atom. The predicted molar refractivity (Wildman–Crippen MR) is 96.8 cm³/mol. The highest BCUT2D eigenvalue weighted by molar-refractivity contribution is 5.40. The topological polar surface area (TPSA) is 42.5 Å². The van der Waals surface area contributed by atoms with Crippen molar-refractivity contribution in [3.8, 4) is 11.5 Å². The van der Waals surface area contributed by atoms with E-state index in [2.05, 4.69) is 20.1 Å². The van der Waals surface area contributed by atoms with Gasteiger partial charge in [-0.3, -0.25) is 0 Å². The standard InChI is InChI=1S/C20H21F5N2O2/c21-19(22)28-17-9-8-15(29-20(23,24)25)11-14(17)12-27-16-7-4-10-26-18(16)13-5-2-1-3-6-13/h1-3,5-6,8-9,11,16,18-19,26-27H,4,7,10,12H2. The van der Waals surface area contributed by atoms with Crippen molar-refractivity contribution in [1.29, 1.82) is 0 Å². The largest absolute Gasteiger partial charge is 0.573 e. The number of nitrogens with one attached hydrogen (secondary N) is 2. The Hall–Kier alpha value is -2.39. The fraction of sp³-hybridized carbons (Fsp3) is 0.400. The summed E-state index contributed by atoms with van der Waals surface area (Å²) in [6, 6.07) is 12.8. The minimum absolute atomic E-state index is 0.000903. The molecule has 1 saturated heterocycles. The van der Waals surface area contributed by atoms with Crippen LogP contribution in [-0.2, 0) is 6.54 Å². The van der Waals surface area contributed by atoms with Crippen molar-refractivity contribution in [2.45, 2.75) is 44.4 Å². The molecule has 9 heteroatoms. The Balaban J connectivity index is 1.77. The van der Waals surface area contributed by atoms with Gasteiger partial charge in [-0.1, -0.05) is 30.3 Å². The lowest BCUT2D eigenvalue weighted by atomic mass is 9.92. The Kier molecular flexibility index (Phi) is 6.92. The zero-order valence-corrected chi connectivity index (χ0v) is 15.4. The van der Waals surface area contributed by atoms with Crippen LogP contribution in [0.5, 0.6) is 11.5 Å². The molecule has 2 aromatic carbocycles. The fourth-order valence-electron chi connectivity index (χ4n) is 3.46. The first kappa shape index (κ1) is 21.3. The molecule has 3 rings (SSSR count). The molecular formula is C20H21F5N2O2. The SMILES string of the molecule is FC(F)Oc1ccc(OC(F)(F)F)cc1CNC1CCCNC1c1ccccc1. The number of hydrogen-bond acceptors (Lipinski definition) is 4. The van der Waals surface area contributed by atoms with Gasteiger partial charge in [-0.15, -0.1) is 13.2 Å². The van der Waals surface area contributed by atoms with E-state index in [1.165, 1.54) is 0 Å². The van der Waals surface area contributed by atoms with Crippen molar-refractivity contribution in [2.75, 3.05) is 6.54 Å². The highest BCUT2D eigenvalue weighted by atomic mass is 19.4. The van der Waals surface area contributed by atoms with Crippen molar-refractivity contribution in [3.05, 3.63) is 59.7 Å². The molecule has 0 spiro atoms. The van der Waals surface area contributed by atoms with Crippen LogP contribution in [0.25, 0.3) is 0 Å². The first-order valence-electron chi connectivity index (χ1n) is 9.17. The molecule has 2 atom stereocenters. The number of halogens is 5. The number of hydrogen-bond donors (Lipinski definition) is 2. The van der Waals surface area contributed by atoms with Crippen molar-refractivity contribution < 1.29 is 31.4 Å². The molecule has 0 radical (unpaired) electrons. The normalized spacial score (nSPS) is 19.9. The maximum absolute atomic E-state index is 12.7. The Bertz CT molecular complexity index is 786. The van der Waals surface area contributed by atoms with E-state index in [4.69, 9.17) is 0 Å². The van der Waals surface area contributed by atoms with Crippen LogP contribution in [0.2, 0.25) is 0 Å². The lowest BCUT2D eigenvalue weighted by molar-refractivity contribution is -0.274. The van der Waals surface area contributed by atoms with E-state index in [0.29, 0.717) is 0 Å². The maximum atomic E-state index is 12.7. The number of rotatable bonds is 7. The monoisotopic (exact) mass is 416 g/mol. The molecule has 0 saturated carbocycles. The van der Waals surface area contributed by atoms with Crippen molar-refractivity contribution in [2.24, 2.45) is 0 Å². The molecule has 0 amide bonds. The van der Waals surface area contributed by atoms with Gasteiger partial charge in [0.25, 0.3) is 0 Å². The van der Waals surface area contributed by atoms with Gasteiger partial charge in [-0.2, -0.15) is 8.78 Å². The number of piperidine rings is 1. The summed E-state index contributed by atoms with van der Waals surface area (Å²) >= 11 is 0. The lowest BCUT2D eigenvalue weighted by Crippen LogP contribution is -2.45. The zero-order chi connectivity index (χ0) is 20.9. The van der Waals surface area contributed by atoms with E-state index in [1.54, 1.807) is 0 Å². The summed E-state index contributed by atoms with van der Waals surface area (Å²) in [6.07, 6.45) is -3.13. The number of ether oxygens (including phenoxy) is 2. The van der Waals surface area contributed by atoms with Crippen LogP contribution in [0.3, 0.4) is 0 Å². The summed E-state index contributed by atoms with van der Waals surface area (Å²) in [6.45, 7) is -2.20. The molecule has 0 aromatic heterocycles. The van der Waals surface area contributed by atoms with Gasteiger partial charge in [-0.25, -0.2) is 0 Å². The van der Waals surface area contributed by atoms with E-state index >= 15 is 0 Å².